The van der Waals surface area contributed by atoms with Crippen molar-refractivity contribution in [2.24, 2.45) is 0 Å². The number of rotatable bonds is 3. The average Bonchev–Trinajstić information content (AvgIpc) is 2.34. The second-order valence-corrected chi connectivity index (χ2v) is 3.60. The summed E-state index contributed by atoms with van der Waals surface area (Å²) in [5.74, 6) is 0.338. The number of likely N-dealkylation sites (tertiary alicyclic amines) is 1. The van der Waals surface area contributed by atoms with Gasteiger partial charge in [-0.1, -0.05) is 6.92 Å². The van der Waals surface area contributed by atoms with Crippen LogP contribution in [-0.4, -0.2) is 42.4 Å². The molecule has 1 saturated heterocycles. The average molecular weight is 172 g/mol. The van der Waals surface area contributed by atoms with Crippen molar-refractivity contribution in [1.82, 2.24) is 10.2 Å². The van der Waals surface area contributed by atoms with Crippen LogP contribution in [0.25, 0.3) is 0 Å². The van der Waals surface area contributed by atoms with Crippen molar-refractivity contribution < 1.29 is 6.22 Å². The van der Waals surface area contributed by atoms with E-state index < -0.39 is 0 Å². The van der Waals surface area contributed by atoms with Gasteiger partial charge in [0.25, 0.3) is 0 Å². The van der Waals surface area contributed by atoms with Crippen molar-refractivity contribution >= 4 is 5.78 Å². The molecule has 0 aromatic heterocycles. The molecule has 0 aromatic rings. The molecule has 3 nitrogen and oxygen atoms in total. The van der Waals surface area contributed by atoms with Gasteiger partial charge in [0, 0.05) is 14.0 Å². The van der Waals surface area contributed by atoms with Crippen LogP contribution in [0.2, 0.25) is 0 Å². The third-order valence-corrected chi connectivity index (χ3v) is 2.35. The molecule has 1 rings (SSSR count). The summed E-state index contributed by atoms with van der Waals surface area (Å²) in [7, 11) is 0. The predicted molar refractivity (Wildman–Crippen MR) is 51.3 cm³/mol. The van der Waals surface area contributed by atoms with E-state index in [9.17, 15) is 4.79 Å². The predicted octanol–water partition coefficient (Wildman–Crippen LogP) is 0.504. The Kier molecular flexibility index (Phi) is 3.23. The fourth-order valence-corrected chi connectivity index (χ4v) is 1.53. The summed E-state index contributed by atoms with van der Waals surface area (Å²) in [6.07, 6.45) is 0. The van der Waals surface area contributed by atoms with Crippen molar-refractivity contribution in [3.8, 4) is 0 Å². The molecule has 0 spiro atoms. The van der Waals surface area contributed by atoms with Gasteiger partial charge in [0.15, 0.2) is 5.78 Å². The van der Waals surface area contributed by atoms with E-state index in [4.69, 9.17) is 0 Å². The zero-order valence-corrected chi connectivity index (χ0v) is 8.13. The molecule has 1 N–H and O–H groups in total. The summed E-state index contributed by atoms with van der Waals surface area (Å²) in [4.78, 5) is 13.6. The number of hydrogen-bond acceptors (Lipinski definition) is 3. The lowest BCUT2D eigenvalue weighted by Crippen LogP contribution is -2.37. The Labute approximate surface area is 75.6 Å². The number of nitrogens with one attached hydrogen (secondary N) is 1. The molecule has 1 heterocycles. The highest BCUT2D eigenvalue weighted by molar-refractivity contribution is 5.88. The van der Waals surface area contributed by atoms with Crippen molar-refractivity contribution in [3.63, 3.8) is 0 Å². The van der Waals surface area contributed by atoms with Crippen LogP contribution in [-0.2, 0) is 4.79 Å². The minimum atomic E-state index is 0. The first-order chi connectivity index (χ1) is 5.65. The molecule has 1 atom stereocenters. The molecule has 1 fully saturated rings. The highest BCUT2D eigenvalue weighted by Crippen LogP contribution is 2.08. The quantitative estimate of drug-likeness (QED) is 0.673. The molecular formula is C9H20N2O. The highest BCUT2D eigenvalue weighted by Gasteiger charge is 2.30. The maximum Gasteiger partial charge on any atom is 0.164 e. The third-order valence-electron chi connectivity index (χ3n) is 2.35. The van der Waals surface area contributed by atoms with Crippen LogP contribution in [0.15, 0.2) is 0 Å². The maximum atomic E-state index is 11.4. The fraction of sp³-hybridized carbons (Fsp3) is 0.889. The van der Waals surface area contributed by atoms with Crippen molar-refractivity contribution in [1.29, 1.82) is 0 Å². The lowest BCUT2D eigenvalue weighted by atomic mass is 10.2. The highest BCUT2D eigenvalue weighted by atomic mass is 16.1. The van der Waals surface area contributed by atoms with E-state index in [1.165, 1.54) is 0 Å². The number of carbonyl (C=O) groups is 1. The van der Waals surface area contributed by atoms with E-state index >= 15 is 0 Å². The van der Waals surface area contributed by atoms with E-state index in [2.05, 4.69) is 24.1 Å². The number of likely N-dealkylation sites (N-methyl/N-ethyl adjacent to an activating group) is 1. The van der Waals surface area contributed by atoms with Crippen molar-refractivity contribution in [2.75, 3.05) is 19.6 Å². The fourth-order valence-electron chi connectivity index (χ4n) is 1.53. The molecule has 1 aliphatic rings. The Morgan fingerprint density at radius 2 is 2.42 bits per heavy atom. The van der Waals surface area contributed by atoms with Gasteiger partial charge in [-0.3, -0.25) is 9.69 Å². The SMILES string of the molecule is CCN[C@H]1CN(C(C)C)CC1=O.[HH]. The van der Waals surface area contributed by atoms with Crippen LogP contribution in [0.5, 0.6) is 0 Å². The Morgan fingerprint density at radius 3 is 2.83 bits per heavy atom. The largest absolute Gasteiger partial charge is 0.307 e. The minimum Gasteiger partial charge on any atom is -0.307 e. The van der Waals surface area contributed by atoms with E-state index in [1.807, 2.05) is 6.92 Å². The van der Waals surface area contributed by atoms with Gasteiger partial charge in [0.1, 0.15) is 0 Å². The van der Waals surface area contributed by atoms with Gasteiger partial charge in [-0.15, -0.1) is 0 Å². The van der Waals surface area contributed by atoms with Gasteiger partial charge in [0.05, 0.1) is 12.6 Å². The van der Waals surface area contributed by atoms with E-state index in [0.29, 0.717) is 18.4 Å². The Hall–Kier alpha value is -0.410. The summed E-state index contributed by atoms with van der Waals surface area (Å²) in [5, 5.41) is 3.19. The van der Waals surface area contributed by atoms with Crippen LogP contribution in [0, 0.1) is 0 Å². The zero-order chi connectivity index (χ0) is 9.14. The smallest absolute Gasteiger partial charge is 0.164 e. The van der Waals surface area contributed by atoms with Crippen molar-refractivity contribution in [3.05, 3.63) is 0 Å². The normalized spacial score (nSPS) is 25.7. The molecule has 0 radical (unpaired) electrons. The lowest BCUT2D eigenvalue weighted by Gasteiger charge is -2.18. The van der Waals surface area contributed by atoms with Crippen LogP contribution in [0.1, 0.15) is 22.2 Å². The topological polar surface area (TPSA) is 32.3 Å². The molecule has 0 aliphatic carbocycles. The summed E-state index contributed by atoms with van der Waals surface area (Å²) >= 11 is 0. The minimum absolute atomic E-state index is 0. The summed E-state index contributed by atoms with van der Waals surface area (Å²) in [6.45, 7) is 8.66. The number of nitrogens with zero attached hydrogens (tertiary/aromatic N) is 1. The van der Waals surface area contributed by atoms with E-state index in [1.54, 1.807) is 0 Å². The first kappa shape index (κ1) is 9.68. The molecule has 0 saturated carbocycles. The first-order valence-electron chi connectivity index (χ1n) is 4.65. The van der Waals surface area contributed by atoms with Gasteiger partial charge < -0.3 is 5.32 Å². The van der Waals surface area contributed by atoms with Gasteiger partial charge in [-0.2, -0.15) is 0 Å². The number of hydrogen-bond donors (Lipinski definition) is 1. The monoisotopic (exact) mass is 172 g/mol. The standard InChI is InChI=1S/C9H18N2O.H2/c1-4-10-8-5-11(7(2)3)6-9(8)12;/h7-8,10H,4-6H2,1-3H3;1H/t8-;/m0./s1. The molecule has 0 aromatic carbocycles. The Balaban J connectivity index is 0.00000144. The van der Waals surface area contributed by atoms with Crippen LogP contribution in [0.4, 0.5) is 0 Å². The van der Waals surface area contributed by atoms with Crippen LogP contribution in [0.3, 0.4) is 0 Å². The van der Waals surface area contributed by atoms with Crippen molar-refractivity contribution in [2.45, 2.75) is 32.9 Å². The van der Waals surface area contributed by atoms with E-state index in [0.717, 1.165) is 13.1 Å². The number of ketones is 1. The van der Waals surface area contributed by atoms with Gasteiger partial charge in [-0.25, -0.2) is 0 Å². The molecular weight excluding hydrogens is 152 g/mol. The van der Waals surface area contributed by atoms with E-state index in [-0.39, 0.29) is 7.47 Å². The van der Waals surface area contributed by atoms with Gasteiger partial charge in [-0.05, 0) is 20.4 Å². The second kappa shape index (κ2) is 4.01. The Morgan fingerprint density at radius 1 is 1.75 bits per heavy atom. The summed E-state index contributed by atoms with van der Waals surface area (Å²) in [6, 6.07) is 0.565. The number of Topliss-reactive ketones (excluding diaryl/α,β-unsaturated/α-hetero) is 1. The van der Waals surface area contributed by atoms with Gasteiger partial charge >= 0.3 is 0 Å². The second-order valence-electron chi connectivity index (χ2n) is 3.60. The van der Waals surface area contributed by atoms with Crippen LogP contribution >= 0.6 is 0 Å². The number of carbonyl (C=O) groups excluding carboxylic acids is 1. The molecule has 1 aliphatic heterocycles. The molecule has 3 heteroatoms. The summed E-state index contributed by atoms with van der Waals surface area (Å²) in [5.41, 5.74) is 0. The molecule has 12 heavy (non-hydrogen) atoms. The third kappa shape index (κ3) is 2.05. The molecule has 0 amide bonds. The molecule has 0 unspecified atom stereocenters. The maximum absolute atomic E-state index is 11.4. The molecule has 0 bridgehead atoms. The zero-order valence-electron chi connectivity index (χ0n) is 8.13. The first-order valence-corrected chi connectivity index (χ1v) is 4.65. The Bertz CT molecular complexity index is 173. The molecule has 72 valence electrons. The van der Waals surface area contributed by atoms with Gasteiger partial charge in [0.2, 0.25) is 0 Å². The lowest BCUT2D eigenvalue weighted by molar-refractivity contribution is -0.118. The summed E-state index contributed by atoms with van der Waals surface area (Å²) < 4.78 is 0. The van der Waals surface area contributed by atoms with Crippen LogP contribution < -0.4 is 5.32 Å².